The monoisotopic (exact) mass is 258 g/mol. The number of Topliss-reactive ketones (excluding diaryl/α,β-unsaturated/α-hetero) is 1. The Morgan fingerprint density at radius 1 is 1.57 bits per heavy atom. The van der Waals surface area contributed by atoms with E-state index in [0.29, 0.717) is 5.56 Å². The Balaban J connectivity index is 2.93. The fraction of sp³-hybridized carbons (Fsp3) is 0.300. The predicted molar refractivity (Wildman–Crippen MR) is 56.1 cm³/mol. The van der Waals surface area contributed by atoms with Crippen molar-refractivity contribution in [2.24, 2.45) is 0 Å². The molecular formula is C10H11BrO3. The summed E-state index contributed by atoms with van der Waals surface area (Å²) in [5, 5.41) is 19.0. The van der Waals surface area contributed by atoms with Crippen LogP contribution in [0.3, 0.4) is 0 Å². The van der Waals surface area contributed by atoms with Gasteiger partial charge in [0.2, 0.25) is 0 Å². The summed E-state index contributed by atoms with van der Waals surface area (Å²) in [6.07, 6.45) is -0.922. The van der Waals surface area contributed by atoms with Crippen LogP contribution in [0.15, 0.2) is 22.7 Å². The molecule has 0 aliphatic rings. The molecule has 0 heterocycles. The molecule has 14 heavy (non-hydrogen) atoms. The fourth-order valence-electron chi connectivity index (χ4n) is 1.17. The fourth-order valence-corrected chi connectivity index (χ4v) is 1.55. The number of carbonyl (C=O) groups is 1. The number of halogens is 1. The van der Waals surface area contributed by atoms with E-state index in [1.54, 1.807) is 12.1 Å². The van der Waals surface area contributed by atoms with Crippen molar-refractivity contribution in [3.8, 4) is 5.75 Å². The van der Waals surface area contributed by atoms with Crippen molar-refractivity contribution in [2.75, 3.05) is 0 Å². The van der Waals surface area contributed by atoms with Gasteiger partial charge >= 0.3 is 0 Å². The zero-order valence-corrected chi connectivity index (χ0v) is 9.28. The van der Waals surface area contributed by atoms with E-state index in [0.717, 1.165) is 4.47 Å². The normalized spacial score (nSPS) is 12.5. The zero-order chi connectivity index (χ0) is 10.7. The molecule has 0 radical (unpaired) electrons. The molecule has 3 nitrogen and oxygen atoms in total. The van der Waals surface area contributed by atoms with E-state index in [2.05, 4.69) is 15.9 Å². The molecule has 76 valence electrons. The van der Waals surface area contributed by atoms with E-state index in [-0.39, 0.29) is 18.0 Å². The van der Waals surface area contributed by atoms with E-state index in [1.807, 2.05) is 0 Å². The third kappa shape index (κ3) is 2.82. The molecule has 0 aromatic heterocycles. The number of aliphatic hydroxyl groups excluding tert-OH is 1. The minimum absolute atomic E-state index is 0.00181. The van der Waals surface area contributed by atoms with Gasteiger partial charge in [0.05, 0.1) is 6.10 Å². The largest absolute Gasteiger partial charge is 0.508 e. The third-order valence-electron chi connectivity index (χ3n) is 1.83. The maximum atomic E-state index is 10.8. The van der Waals surface area contributed by atoms with Crippen LogP contribution in [0.5, 0.6) is 5.75 Å². The zero-order valence-electron chi connectivity index (χ0n) is 7.70. The van der Waals surface area contributed by atoms with Gasteiger partial charge in [-0.05, 0) is 25.1 Å². The molecule has 1 aromatic carbocycles. The minimum atomic E-state index is -0.940. The van der Waals surface area contributed by atoms with Crippen LogP contribution in [-0.2, 0) is 4.79 Å². The molecule has 0 aliphatic carbocycles. The van der Waals surface area contributed by atoms with Crippen LogP contribution < -0.4 is 0 Å². The number of carbonyl (C=O) groups excluding carboxylic acids is 1. The first-order chi connectivity index (χ1) is 6.50. The van der Waals surface area contributed by atoms with Gasteiger partial charge < -0.3 is 10.2 Å². The number of hydrogen-bond acceptors (Lipinski definition) is 3. The molecule has 0 unspecified atom stereocenters. The summed E-state index contributed by atoms with van der Waals surface area (Å²) in [4.78, 5) is 10.8. The van der Waals surface area contributed by atoms with Crippen molar-refractivity contribution in [1.82, 2.24) is 0 Å². The van der Waals surface area contributed by atoms with Gasteiger partial charge in [0.25, 0.3) is 0 Å². The molecule has 0 spiro atoms. The highest BCUT2D eigenvalue weighted by Crippen LogP contribution is 2.29. The topological polar surface area (TPSA) is 57.5 Å². The SMILES string of the molecule is CC(=O)C[C@@H](O)c1cc(Br)ccc1O. The summed E-state index contributed by atoms with van der Waals surface area (Å²) in [6.45, 7) is 1.40. The molecule has 0 fully saturated rings. The van der Waals surface area contributed by atoms with Crippen LogP contribution in [-0.4, -0.2) is 16.0 Å². The third-order valence-corrected chi connectivity index (χ3v) is 2.32. The van der Waals surface area contributed by atoms with Crippen molar-refractivity contribution in [3.63, 3.8) is 0 Å². The van der Waals surface area contributed by atoms with Crippen LogP contribution in [0.1, 0.15) is 25.0 Å². The quantitative estimate of drug-likeness (QED) is 0.874. The second-order valence-corrected chi connectivity index (χ2v) is 4.04. The van der Waals surface area contributed by atoms with Crippen molar-refractivity contribution in [2.45, 2.75) is 19.4 Å². The van der Waals surface area contributed by atoms with E-state index in [1.165, 1.54) is 13.0 Å². The Hall–Kier alpha value is -0.870. The number of rotatable bonds is 3. The first-order valence-corrected chi connectivity index (χ1v) is 4.96. The molecule has 1 rings (SSSR count). The first kappa shape index (κ1) is 11.2. The van der Waals surface area contributed by atoms with Gasteiger partial charge in [-0.1, -0.05) is 15.9 Å². The number of phenols is 1. The molecule has 0 amide bonds. The molecule has 0 bridgehead atoms. The van der Waals surface area contributed by atoms with E-state index < -0.39 is 6.10 Å². The standard InChI is InChI=1S/C10H11BrO3/c1-6(12)4-10(14)8-5-7(11)2-3-9(8)13/h2-3,5,10,13-14H,4H2,1H3/t10-/m1/s1. The van der Waals surface area contributed by atoms with E-state index >= 15 is 0 Å². The first-order valence-electron chi connectivity index (χ1n) is 4.16. The number of aliphatic hydroxyl groups is 1. The minimum Gasteiger partial charge on any atom is -0.508 e. The lowest BCUT2D eigenvalue weighted by atomic mass is 10.0. The van der Waals surface area contributed by atoms with E-state index in [4.69, 9.17) is 0 Å². The number of ketones is 1. The Bertz CT molecular complexity index is 349. The van der Waals surface area contributed by atoms with Crippen molar-refractivity contribution in [1.29, 1.82) is 0 Å². The van der Waals surface area contributed by atoms with Gasteiger partial charge in [0.1, 0.15) is 11.5 Å². The van der Waals surface area contributed by atoms with Crippen LogP contribution in [0.25, 0.3) is 0 Å². The molecule has 1 aromatic rings. The molecule has 4 heteroatoms. The molecule has 0 saturated heterocycles. The van der Waals surface area contributed by atoms with Gasteiger partial charge in [0.15, 0.2) is 0 Å². The maximum Gasteiger partial charge on any atom is 0.132 e. The number of hydrogen-bond donors (Lipinski definition) is 2. The summed E-state index contributed by atoms with van der Waals surface area (Å²) in [5.74, 6) is -0.112. The average molecular weight is 259 g/mol. The highest BCUT2D eigenvalue weighted by molar-refractivity contribution is 9.10. The predicted octanol–water partition coefficient (Wildman–Crippen LogP) is 2.17. The lowest BCUT2D eigenvalue weighted by Crippen LogP contribution is -2.03. The van der Waals surface area contributed by atoms with Gasteiger partial charge in [-0.25, -0.2) is 0 Å². The van der Waals surface area contributed by atoms with Crippen molar-refractivity contribution >= 4 is 21.7 Å². The highest BCUT2D eigenvalue weighted by Gasteiger charge is 2.14. The molecule has 2 N–H and O–H groups in total. The number of phenolic OH excluding ortho intramolecular Hbond substituents is 1. The summed E-state index contributed by atoms with van der Waals surface area (Å²) in [5.41, 5.74) is 0.370. The molecule has 1 atom stereocenters. The smallest absolute Gasteiger partial charge is 0.132 e. The Labute approximate surface area is 90.5 Å². The van der Waals surface area contributed by atoms with Gasteiger partial charge in [-0.2, -0.15) is 0 Å². The second-order valence-electron chi connectivity index (χ2n) is 3.13. The Morgan fingerprint density at radius 3 is 2.79 bits per heavy atom. The van der Waals surface area contributed by atoms with Gasteiger partial charge in [-0.3, -0.25) is 4.79 Å². The van der Waals surface area contributed by atoms with Crippen LogP contribution in [0.4, 0.5) is 0 Å². The highest BCUT2D eigenvalue weighted by atomic mass is 79.9. The summed E-state index contributed by atoms with van der Waals surface area (Å²) < 4.78 is 0.757. The lowest BCUT2D eigenvalue weighted by molar-refractivity contribution is -0.118. The van der Waals surface area contributed by atoms with E-state index in [9.17, 15) is 15.0 Å². The van der Waals surface area contributed by atoms with Crippen molar-refractivity contribution < 1.29 is 15.0 Å². The van der Waals surface area contributed by atoms with Crippen LogP contribution in [0.2, 0.25) is 0 Å². The van der Waals surface area contributed by atoms with Gasteiger partial charge in [-0.15, -0.1) is 0 Å². The maximum absolute atomic E-state index is 10.8. The van der Waals surface area contributed by atoms with Crippen LogP contribution in [0, 0.1) is 0 Å². The number of aromatic hydroxyl groups is 1. The molecule has 0 saturated carbocycles. The Kier molecular flexibility index (Phi) is 3.66. The lowest BCUT2D eigenvalue weighted by Gasteiger charge is -2.11. The molecular weight excluding hydrogens is 248 g/mol. The summed E-state index contributed by atoms with van der Waals surface area (Å²) >= 11 is 3.22. The Morgan fingerprint density at radius 2 is 2.21 bits per heavy atom. The number of benzene rings is 1. The summed E-state index contributed by atoms with van der Waals surface area (Å²) in [6, 6.07) is 4.74. The second kappa shape index (κ2) is 4.57. The van der Waals surface area contributed by atoms with Crippen LogP contribution >= 0.6 is 15.9 Å². The van der Waals surface area contributed by atoms with Crippen molar-refractivity contribution in [3.05, 3.63) is 28.2 Å². The molecule has 0 aliphatic heterocycles. The average Bonchev–Trinajstić information content (AvgIpc) is 2.08. The summed E-state index contributed by atoms with van der Waals surface area (Å²) in [7, 11) is 0. The van der Waals surface area contributed by atoms with Gasteiger partial charge in [0, 0.05) is 16.5 Å².